The first-order chi connectivity index (χ1) is 20.1. The summed E-state index contributed by atoms with van der Waals surface area (Å²) in [5.74, 6) is -2.65. The Kier molecular flexibility index (Phi) is 11.5. The molecule has 2 aliphatic rings. The first kappa shape index (κ1) is 34.3. The fraction of sp³-hybridized carbons (Fsp3) is 0.630. The summed E-state index contributed by atoms with van der Waals surface area (Å²) in [5, 5.41) is 13.0. The number of unbranched alkanes of at least 4 members (excludes halogenated alkanes) is 1. The van der Waals surface area contributed by atoms with Crippen molar-refractivity contribution in [1.29, 1.82) is 0 Å². The van der Waals surface area contributed by atoms with Crippen LogP contribution in [0.5, 0.6) is 0 Å². The fourth-order valence-electron chi connectivity index (χ4n) is 5.19. The molecule has 2 aliphatic heterocycles. The lowest BCUT2D eigenvalue weighted by Crippen LogP contribution is -2.62. The van der Waals surface area contributed by atoms with Crippen LogP contribution in [-0.4, -0.2) is 74.2 Å². The molecule has 2 heterocycles. The molecule has 2 fully saturated rings. The molecule has 4 amide bonds. The largest absolute Gasteiger partial charge is 0.416 e. The maximum absolute atomic E-state index is 13.7. The summed E-state index contributed by atoms with van der Waals surface area (Å²) in [6.45, 7) is 3.93. The molecule has 0 aliphatic carbocycles. The van der Waals surface area contributed by atoms with E-state index in [1.54, 1.807) is 6.92 Å². The smallest absolute Gasteiger partial charge is 0.343 e. The summed E-state index contributed by atoms with van der Waals surface area (Å²) in [5.41, 5.74) is -0.535. The summed E-state index contributed by atoms with van der Waals surface area (Å²) in [4.78, 5) is 55.5. The molecule has 0 bridgehead atoms. The zero-order valence-electron chi connectivity index (χ0n) is 24.1. The number of nitrogens with one attached hydrogen (secondary N) is 4. The van der Waals surface area contributed by atoms with Crippen molar-refractivity contribution >= 4 is 33.8 Å². The van der Waals surface area contributed by atoms with Crippen molar-refractivity contribution in [3.63, 3.8) is 0 Å². The van der Waals surface area contributed by atoms with Crippen LogP contribution >= 0.6 is 0 Å². The molecule has 1 unspecified atom stereocenters. The summed E-state index contributed by atoms with van der Waals surface area (Å²) < 4.78 is 63.6. The molecule has 6 N–H and O–H groups in total. The van der Waals surface area contributed by atoms with E-state index in [-0.39, 0.29) is 31.7 Å². The van der Waals surface area contributed by atoms with Crippen molar-refractivity contribution < 1.29 is 40.8 Å². The van der Waals surface area contributed by atoms with Gasteiger partial charge in [0.25, 0.3) is 10.2 Å². The lowest BCUT2D eigenvalue weighted by atomic mass is 9.95. The second-order valence-electron chi connectivity index (χ2n) is 11.0. The topological polar surface area (TPSA) is 180 Å². The van der Waals surface area contributed by atoms with Crippen molar-refractivity contribution in [3.8, 4) is 0 Å². The molecule has 3 rings (SSSR count). The Bertz CT molecular complexity index is 1280. The van der Waals surface area contributed by atoms with Crippen molar-refractivity contribution in [2.45, 2.75) is 89.1 Å². The molecular weight excluding hydrogens is 593 g/mol. The van der Waals surface area contributed by atoms with E-state index < -0.39 is 69.7 Å². The number of carbonyl (C=O) groups is 4. The van der Waals surface area contributed by atoms with Crippen molar-refractivity contribution in [1.82, 2.24) is 25.6 Å². The van der Waals surface area contributed by atoms with Crippen LogP contribution in [0.15, 0.2) is 24.3 Å². The van der Waals surface area contributed by atoms with E-state index in [9.17, 15) is 40.8 Å². The van der Waals surface area contributed by atoms with Crippen LogP contribution in [0.4, 0.5) is 13.2 Å². The molecular formula is C27H39F3N6O6S. The molecule has 16 heteroatoms. The molecule has 0 spiro atoms. The molecule has 240 valence electrons. The molecule has 0 saturated carbocycles. The number of fused-ring (bicyclic) bond motifs is 1. The van der Waals surface area contributed by atoms with Gasteiger partial charge in [-0.05, 0) is 55.7 Å². The molecule has 5 atom stereocenters. The van der Waals surface area contributed by atoms with E-state index >= 15 is 0 Å². The monoisotopic (exact) mass is 632 g/mol. The van der Waals surface area contributed by atoms with Crippen LogP contribution in [0, 0.1) is 5.92 Å². The van der Waals surface area contributed by atoms with E-state index in [0.29, 0.717) is 37.8 Å². The van der Waals surface area contributed by atoms with Crippen LogP contribution in [0.2, 0.25) is 0 Å². The molecule has 0 radical (unpaired) electrons. The molecule has 1 aromatic rings. The minimum Gasteiger partial charge on any atom is -0.343 e. The third kappa shape index (κ3) is 9.63. The molecule has 1 aromatic carbocycles. The second-order valence-corrected chi connectivity index (χ2v) is 12.4. The number of rotatable bonds is 10. The standard InChI is InChI=1S/C27H39F3N6O6S/c1-3-16(2)22-26(40)36-14-6-8-21(36)25(39)33-19(7-4-5-13-32-43(31,41)42)23(37)34-20(24(38)35-22)15-17-9-11-18(12-10-17)27(28,29)30/h9-12,16,19-22,32H,3-8,13-15H2,1-2H3,(H,33,39)(H,34,37)(H,35,38)(H2,31,41,42)/t16-,19+,20-,21?,22+/m1/s1. The Balaban J connectivity index is 1.91. The number of amides is 4. The third-order valence-electron chi connectivity index (χ3n) is 7.83. The Labute approximate surface area is 248 Å². The van der Waals surface area contributed by atoms with Crippen molar-refractivity contribution in [3.05, 3.63) is 35.4 Å². The highest BCUT2D eigenvalue weighted by Gasteiger charge is 2.42. The van der Waals surface area contributed by atoms with Gasteiger partial charge in [-0.2, -0.15) is 21.6 Å². The van der Waals surface area contributed by atoms with Crippen molar-refractivity contribution in [2.75, 3.05) is 13.1 Å². The van der Waals surface area contributed by atoms with Gasteiger partial charge in [0, 0.05) is 19.5 Å². The van der Waals surface area contributed by atoms with Gasteiger partial charge in [-0.1, -0.05) is 32.4 Å². The minimum atomic E-state index is -4.55. The van der Waals surface area contributed by atoms with Gasteiger partial charge >= 0.3 is 6.18 Å². The Morgan fingerprint density at radius 1 is 1.00 bits per heavy atom. The van der Waals surface area contributed by atoms with Gasteiger partial charge in [0.2, 0.25) is 23.6 Å². The fourth-order valence-corrected chi connectivity index (χ4v) is 5.62. The highest BCUT2D eigenvalue weighted by molar-refractivity contribution is 7.87. The molecule has 43 heavy (non-hydrogen) atoms. The molecule has 2 saturated heterocycles. The average Bonchev–Trinajstić information content (AvgIpc) is 3.43. The summed E-state index contributed by atoms with van der Waals surface area (Å²) in [6.07, 6.45) is -2.61. The quantitative estimate of drug-likeness (QED) is 0.237. The Morgan fingerprint density at radius 3 is 2.23 bits per heavy atom. The van der Waals surface area contributed by atoms with Crippen LogP contribution in [-0.2, 0) is 42.0 Å². The maximum atomic E-state index is 13.7. The van der Waals surface area contributed by atoms with Gasteiger partial charge in [0.1, 0.15) is 24.2 Å². The van der Waals surface area contributed by atoms with Crippen LogP contribution in [0.1, 0.15) is 63.5 Å². The first-order valence-electron chi connectivity index (χ1n) is 14.3. The molecule has 12 nitrogen and oxygen atoms in total. The van der Waals surface area contributed by atoms with Crippen LogP contribution in [0.25, 0.3) is 0 Å². The Hall–Kier alpha value is -3.24. The summed E-state index contributed by atoms with van der Waals surface area (Å²) in [7, 11) is -3.90. The minimum absolute atomic E-state index is 0.00196. The number of alkyl halides is 3. The predicted molar refractivity (Wildman–Crippen MR) is 150 cm³/mol. The highest BCUT2D eigenvalue weighted by atomic mass is 32.2. The number of nitrogens with two attached hydrogens (primary N) is 1. The van der Waals surface area contributed by atoms with E-state index in [2.05, 4.69) is 20.7 Å². The van der Waals surface area contributed by atoms with E-state index in [0.717, 1.165) is 12.1 Å². The number of carbonyl (C=O) groups excluding carboxylic acids is 4. The van der Waals surface area contributed by atoms with Gasteiger partial charge in [-0.15, -0.1) is 0 Å². The SMILES string of the molecule is CC[C@@H](C)[C@@H]1NC(=O)[C@@H](Cc2ccc(C(F)(F)F)cc2)NC(=O)[C@H](CCCCNS(N)(=O)=O)NC(=O)C2CCCN2C1=O. The van der Waals surface area contributed by atoms with Crippen molar-refractivity contribution in [2.24, 2.45) is 11.1 Å². The predicted octanol–water partition coefficient (Wildman–Crippen LogP) is 0.716. The summed E-state index contributed by atoms with van der Waals surface area (Å²) >= 11 is 0. The lowest BCUT2D eigenvalue weighted by molar-refractivity contribution is -0.144. The van der Waals surface area contributed by atoms with Gasteiger partial charge in [-0.3, -0.25) is 19.2 Å². The van der Waals surface area contributed by atoms with Gasteiger partial charge in [-0.25, -0.2) is 9.86 Å². The summed E-state index contributed by atoms with van der Waals surface area (Å²) in [6, 6.07) is -0.0560. The maximum Gasteiger partial charge on any atom is 0.416 e. The van der Waals surface area contributed by atoms with E-state index in [1.807, 2.05) is 6.92 Å². The van der Waals surface area contributed by atoms with Crippen LogP contribution in [0.3, 0.4) is 0 Å². The zero-order chi connectivity index (χ0) is 31.9. The molecule has 0 aromatic heterocycles. The first-order valence-corrected chi connectivity index (χ1v) is 15.8. The number of hydrogen-bond donors (Lipinski definition) is 5. The van der Waals surface area contributed by atoms with E-state index in [1.165, 1.54) is 17.0 Å². The van der Waals surface area contributed by atoms with Gasteiger partial charge < -0.3 is 20.9 Å². The van der Waals surface area contributed by atoms with Gasteiger partial charge in [0.15, 0.2) is 0 Å². The van der Waals surface area contributed by atoms with Crippen LogP contribution < -0.4 is 25.8 Å². The normalized spacial score (nSPS) is 24.7. The third-order valence-corrected chi connectivity index (χ3v) is 8.43. The number of nitrogens with zero attached hydrogens (tertiary/aromatic N) is 1. The number of hydrogen-bond acceptors (Lipinski definition) is 6. The average molecular weight is 633 g/mol. The number of benzene rings is 1. The second kappa shape index (κ2) is 14.5. The highest BCUT2D eigenvalue weighted by Crippen LogP contribution is 2.29. The van der Waals surface area contributed by atoms with Gasteiger partial charge in [0.05, 0.1) is 5.56 Å². The Morgan fingerprint density at radius 2 is 1.63 bits per heavy atom. The lowest BCUT2D eigenvalue weighted by Gasteiger charge is -2.34. The van der Waals surface area contributed by atoms with E-state index in [4.69, 9.17) is 5.14 Å². The zero-order valence-corrected chi connectivity index (χ0v) is 24.9. The number of halogens is 3.